The van der Waals surface area contributed by atoms with Crippen molar-refractivity contribution in [2.24, 2.45) is 16.8 Å². The molecule has 2 aliphatic heterocycles. The second-order valence-corrected chi connectivity index (χ2v) is 9.67. The quantitative estimate of drug-likeness (QED) is 0.292. The fourth-order valence-corrected chi connectivity index (χ4v) is 4.92. The molecule has 6 N–H and O–H groups in total. The van der Waals surface area contributed by atoms with Crippen molar-refractivity contribution in [2.45, 2.75) is 40.2 Å². The maximum Gasteiger partial charge on any atom is 0.255 e. The van der Waals surface area contributed by atoms with Gasteiger partial charge in [-0.3, -0.25) is 14.9 Å². The number of H-pyrrole nitrogens is 1. The number of aromatic nitrogens is 3. The number of fused-ring (bicyclic) bond motifs is 1. The highest BCUT2D eigenvalue weighted by Crippen LogP contribution is 2.34. The number of carbonyl (C=O) groups excluding carboxylic acids is 1. The molecule has 0 spiro atoms. The van der Waals surface area contributed by atoms with Gasteiger partial charge in [-0.05, 0) is 51.1 Å². The molecule has 0 bridgehead atoms. The zero-order chi connectivity index (χ0) is 28.3. The number of nitrogens with two attached hydrogens (primary N) is 2. The lowest BCUT2D eigenvalue weighted by atomic mass is 9.88. The van der Waals surface area contributed by atoms with Crippen molar-refractivity contribution >= 4 is 34.3 Å². The minimum atomic E-state index is -0.837. The van der Waals surface area contributed by atoms with Gasteiger partial charge in [-0.15, -0.1) is 5.10 Å². The number of nitrogens with one attached hydrogen (secondary N) is 2. The number of rotatable bonds is 4. The topological polar surface area (TPSA) is 154 Å². The average Bonchev–Trinajstić information content (AvgIpc) is 3.37. The van der Waals surface area contributed by atoms with Crippen LogP contribution in [0.25, 0.3) is 22.2 Å². The molecule has 1 amide bonds. The molecule has 1 aromatic carbocycles. The maximum atomic E-state index is 13.5. The summed E-state index contributed by atoms with van der Waals surface area (Å²) in [6.07, 6.45) is 1.79. The number of aromatic amines is 1. The van der Waals surface area contributed by atoms with E-state index in [0.717, 1.165) is 41.1 Å². The third-order valence-corrected chi connectivity index (χ3v) is 7.11. The summed E-state index contributed by atoms with van der Waals surface area (Å²) in [5.41, 5.74) is 3.62. The first-order valence-corrected chi connectivity index (χ1v) is 13.1. The third-order valence-electron chi connectivity index (χ3n) is 7.11. The molecular formula is C27H38N10O2. The largest absolute Gasteiger partial charge is 0.378 e. The van der Waals surface area contributed by atoms with E-state index in [9.17, 15) is 4.79 Å². The molecule has 2 aliphatic rings. The first kappa shape index (κ1) is 27.9. The number of guanidine groups is 1. The maximum absolute atomic E-state index is 13.5. The van der Waals surface area contributed by atoms with Crippen LogP contribution in [-0.2, 0) is 9.53 Å². The van der Waals surface area contributed by atoms with E-state index in [-0.39, 0.29) is 5.91 Å². The lowest BCUT2D eigenvalue weighted by Gasteiger charge is -2.46. The Labute approximate surface area is 228 Å². The monoisotopic (exact) mass is 534 g/mol. The Kier molecular flexibility index (Phi) is 8.07. The summed E-state index contributed by atoms with van der Waals surface area (Å²) in [6.45, 7) is 12.5. The number of anilines is 2. The van der Waals surface area contributed by atoms with Crippen molar-refractivity contribution < 1.29 is 9.53 Å². The summed E-state index contributed by atoms with van der Waals surface area (Å²) in [5, 5.41) is 16.8. The number of nitrogens with zero attached hydrogens (tertiary/aromatic N) is 6. The molecule has 4 heterocycles. The predicted octanol–water partition coefficient (Wildman–Crippen LogP) is 2.83. The molecular weight excluding hydrogens is 496 g/mol. The molecule has 12 heteroatoms. The number of hydrazine groups is 1. The van der Waals surface area contributed by atoms with E-state index in [1.54, 1.807) is 18.1 Å². The van der Waals surface area contributed by atoms with Crippen molar-refractivity contribution in [3.05, 3.63) is 47.8 Å². The summed E-state index contributed by atoms with van der Waals surface area (Å²) in [4.78, 5) is 22.0. The summed E-state index contributed by atoms with van der Waals surface area (Å²) in [6, 6.07) is 9.64. The standard InChI is InChI=1S/C25H32N10O2.C2H6/c1-15-21(25(2,3)35(27)24(30-26)33(15)4)23(36)29-17-5-6-19-18(14-17)22(32-31-19)16-7-8-28-20(13-16)34-9-11-37-12-10-34;1-2/h5-8,13-14H,9-12,26-27H2,1-4H3,(H,29,36)(H,31,32);1-2H3/b30-24-;. The number of benzene rings is 1. The summed E-state index contributed by atoms with van der Waals surface area (Å²) in [5.74, 6) is 12.8. The van der Waals surface area contributed by atoms with Gasteiger partial charge in [-0.2, -0.15) is 5.10 Å². The van der Waals surface area contributed by atoms with Gasteiger partial charge in [0.1, 0.15) is 11.5 Å². The molecule has 3 aromatic rings. The van der Waals surface area contributed by atoms with Crippen molar-refractivity contribution in [2.75, 3.05) is 43.6 Å². The molecule has 39 heavy (non-hydrogen) atoms. The number of carbonyl (C=O) groups is 1. The van der Waals surface area contributed by atoms with Gasteiger partial charge in [-0.1, -0.05) is 13.8 Å². The minimum absolute atomic E-state index is 0.260. The highest BCUT2D eigenvalue weighted by Gasteiger charge is 2.43. The van der Waals surface area contributed by atoms with Crippen molar-refractivity contribution in [1.29, 1.82) is 0 Å². The Morgan fingerprint density at radius 3 is 2.59 bits per heavy atom. The van der Waals surface area contributed by atoms with Crippen LogP contribution in [-0.4, -0.2) is 75.8 Å². The molecule has 0 radical (unpaired) electrons. The first-order chi connectivity index (χ1) is 18.7. The van der Waals surface area contributed by atoms with Gasteiger partial charge in [0.25, 0.3) is 5.91 Å². The Morgan fingerprint density at radius 2 is 1.90 bits per heavy atom. The van der Waals surface area contributed by atoms with Crippen LogP contribution >= 0.6 is 0 Å². The summed E-state index contributed by atoms with van der Waals surface area (Å²) < 4.78 is 5.46. The van der Waals surface area contributed by atoms with Crippen LogP contribution in [0.4, 0.5) is 11.5 Å². The van der Waals surface area contributed by atoms with E-state index in [2.05, 4.69) is 30.5 Å². The van der Waals surface area contributed by atoms with Crippen LogP contribution in [0.15, 0.2) is 52.9 Å². The van der Waals surface area contributed by atoms with Crippen LogP contribution in [0.2, 0.25) is 0 Å². The van der Waals surface area contributed by atoms with Gasteiger partial charge in [0.2, 0.25) is 5.96 Å². The molecule has 1 fully saturated rings. The SMILES string of the molecule is CC.CC1=C(C(=O)Nc2ccc3[nH]nc(-c4ccnc(N5CCOCC5)c4)c3c2)C(C)(C)N(N)/C(=N\N)N1C. The van der Waals surface area contributed by atoms with Crippen molar-refractivity contribution in [1.82, 2.24) is 25.1 Å². The zero-order valence-electron chi connectivity index (χ0n) is 23.4. The molecule has 208 valence electrons. The van der Waals surface area contributed by atoms with Crippen LogP contribution in [0.3, 0.4) is 0 Å². The van der Waals surface area contributed by atoms with Gasteiger partial charge in [0, 0.05) is 48.7 Å². The average molecular weight is 535 g/mol. The Bertz CT molecular complexity index is 1400. The number of hydrogen-bond acceptors (Lipinski definition) is 8. The molecule has 5 rings (SSSR count). The fourth-order valence-electron chi connectivity index (χ4n) is 4.92. The van der Waals surface area contributed by atoms with E-state index >= 15 is 0 Å². The van der Waals surface area contributed by atoms with Crippen molar-refractivity contribution in [3.63, 3.8) is 0 Å². The number of amides is 1. The Balaban J connectivity index is 0.00000172. The molecule has 0 unspecified atom stereocenters. The molecule has 0 aliphatic carbocycles. The Morgan fingerprint density at radius 1 is 1.18 bits per heavy atom. The summed E-state index contributed by atoms with van der Waals surface area (Å²) >= 11 is 0. The smallest absolute Gasteiger partial charge is 0.255 e. The van der Waals surface area contributed by atoms with Gasteiger partial charge in [-0.25, -0.2) is 10.8 Å². The number of hydrazone groups is 1. The third kappa shape index (κ3) is 5.12. The number of morpholine rings is 1. The Hall–Kier alpha value is -4.16. The van der Waals surface area contributed by atoms with E-state index in [0.29, 0.717) is 36.1 Å². The van der Waals surface area contributed by atoms with Crippen LogP contribution in [0.5, 0.6) is 0 Å². The van der Waals surface area contributed by atoms with Gasteiger partial charge in [0.05, 0.1) is 29.8 Å². The van der Waals surface area contributed by atoms with Gasteiger partial charge >= 0.3 is 0 Å². The molecule has 0 saturated carbocycles. The molecule has 1 saturated heterocycles. The second kappa shape index (κ2) is 11.3. The molecule has 0 atom stereocenters. The lowest BCUT2D eigenvalue weighted by molar-refractivity contribution is -0.114. The normalized spacial score (nSPS) is 18.3. The van der Waals surface area contributed by atoms with Crippen molar-refractivity contribution in [3.8, 4) is 11.3 Å². The van der Waals surface area contributed by atoms with Gasteiger partial charge in [0.15, 0.2) is 0 Å². The number of pyridine rings is 1. The highest BCUT2D eigenvalue weighted by molar-refractivity contribution is 6.08. The predicted molar refractivity (Wildman–Crippen MR) is 155 cm³/mol. The fraction of sp³-hybridized carbons (Fsp3) is 0.407. The number of hydrogen-bond donors (Lipinski definition) is 4. The van der Waals surface area contributed by atoms with Crippen LogP contribution in [0.1, 0.15) is 34.6 Å². The highest BCUT2D eigenvalue weighted by atomic mass is 16.5. The van der Waals surface area contributed by atoms with Crippen LogP contribution in [0, 0.1) is 0 Å². The minimum Gasteiger partial charge on any atom is -0.378 e. The van der Waals surface area contributed by atoms with E-state index in [1.807, 2.05) is 65.0 Å². The zero-order valence-corrected chi connectivity index (χ0v) is 23.4. The van der Waals surface area contributed by atoms with Gasteiger partial charge < -0.3 is 25.7 Å². The van der Waals surface area contributed by atoms with Crippen LogP contribution < -0.4 is 21.9 Å². The number of ether oxygens (including phenoxy) is 1. The number of allylic oxidation sites excluding steroid dienone is 1. The first-order valence-electron chi connectivity index (χ1n) is 13.1. The van der Waals surface area contributed by atoms with E-state index < -0.39 is 5.54 Å². The lowest BCUT2D eigenvalue weighted by Crippen LogP contribution is -2.63. The van der Waals surface area contributed by atoms with E-state index in [4.69, 9.17) is 16.4 Å². The van der Waals surface area contributed by atoms with E-state index in [1.165, 1.54) is 5.01 Å². The second-order valence-electron chi connectivity index (χ2n) is 9.67. The summed E-state index contributed by atoms with van der Waals surface area (Å²) in [7, 11) is 1.77. The molecule has 12 nitrogen and oxygen atoms in total. The molecule has 2 aromatic heterocycles.